The molecular weight excluding hydrogens is 185 g/mol. The number of aromatic amines is 1. The van der Waals surface area contributed by atoms with Crippen molar-refractivity contribution in [2.24, 2.45) is 0 Å². The minimum Gasteiger partial charge on any atom is -0.327 e. The lowest BCUT2D eigenvalue weighted by atomic mass is 10.3. The highest BCUT2D eigenvalue weighted by Gasteiger charge is 2.00. The minimum absolute atomic E-state index is 0.116. The van der Waals surface area contributed by atoms with E-state index in [2.05, 4.69) is 19.5 Å². The Bertz CT molecular complexity index is 446. The number of hydrogen-bond donors (Lipinski definition) is 1. The van der Waals surface area contributed by atoms with Crippen LogP contribution in [0.3, 0.4) is 0 Å². The molecule has 0 radical (unpaired) electrons. The van der Waals surface area contributed by atoms with Crippen LogP contribution >= 0.6 is 9.39 Å². The summed E-state index contributed by atoms with van der Waals surface area (Å²) >= 11 is 0. The second-order valence-electron chi connectivity index (χ2n) is 2.20. The van der Waals surface area contributed by atoms with Gasteiger partial charge in [0.25, 0.3) is 5.56 Å². The molecule has 2 aromatic heterocycles. The van der Waals surface area contributed by atoms with E-state index >= 15 is 0 Å². The molecule has 1 atom stereocenters. The van der Waals surface area contributed by atoms with Crippen LogP contribution in [0.1, 0.15) is 13.8 Å². The Hall–Kier alpha value is -1.15. The first-order valence-corrected chi connectivity index (χ1v) is 4.61. The topological polar surface area (TPSA) is 50.7 Å². The minimum atomic E-state index is -0.116. The van der Waals surface area contributed by atoms with Crippen LogP contribution in [0.2, 0.25) is 0 Å². The molecule has 0 aliphatic carbocycles. The van der Waals surface area contributed by atoms with Crippen molar-refractivity contribution in [2.75, 3.05) is 0 Å². The molecule has 2 rings (SSSR count). The molecule has 2 heterocycles. The van der Waals surface area contributed by atoms with E-state index in [9.17, 15) is 4.79 Å². The molecule has 0 aromatic carbocycles. The molecule has 1 unspecified atom stereocenters. The SMILES string of the molecule is CC.O=c1[nH]ccc2cnn(P)c12. The van der Waals surface area contributed by atoms with Gasteiger partial charge in [-0.15, -0.1) is 0 Å². The molecule has 0 saturated heterocycles. The third-order valence-electron chi connectivity index (χ3n) is 1.52. The van der Waals surface area contributed by atoms with E-state index in [0.717, 1.165) is 5.39 Å². The standard InChI is InChI=1S/C6H6N3OP.C2H6/c10-6-5-4(1-2-7-6)3-8-9(5)11;1-2/h1-3H,11H2,(H,7,10);1-2H3. The summed E-state index contributed by atoms with van der Waals surface area (Å²) in [5.74, 6) is 0. The highest BCUT2D eigenvalue weighted by Crippen LogP contribution is 2.08. The average molecular weight is 197 g/mol. The van der Waals surface area contributed by atoms with Crippen molar-refractivity contribution in [1.29, 1.82) is 0 Å². The number of aromatic nitrogens is 3. The van der Waals surface area contributed by atoms with Crippen LogP contribution in [0.15, 0.2) is 23.3 Å². The van der Waals surface area contributed by atoms with Crippen LogP contribution < -0.4 is 5.56 Å². The summed E-state index contributed by atoms with van der Waals surface area (Å²) in [5, 5.41) is 4.77. The second kappa shape index (κ2) is 4.19. The number of rotatable bonds is 0. The Morgan fingerprint density at radius 2 is 2.23 bits per heavy atom. The summed E-state index contributed by atoms with van der Waals surface area (Å²) in [5.41, 5.74) is 0.465. The Morgan fingerprint density at radius 3 is 2.85 bits per heavy atom. The molecule has 0 aliphatic rings. The van der Waals surface area contributed by atoms with E-state index in [1.165, 1.54) is 4.45 Å². The van der Waals surface area contributed by atoms with Crippen molar-refractivity contribution in [3.63, 3.8) is 0 Å². The first-order valence-electron chi connectivity index (χ1n) is 4.09. The van der Waals surface area contributed by atoms with E-state index in [-0.39, 0.29) is 5.56 Å². The van der Waals surface area contributed by atoms with Gasteiger partial charge in [0, 0.05) is 11.6 Å². The molecule has 4 nitrogen and oxygen atoms in total. The fraction of sp³-hybridized carbons (Fsp3) is 0.250. The number of hydrogen-bond acceptors (Lipinski definition) is 2. The fourth-order valence-electron chi connectivity index (χ4n) is 1.01. The van der Waals surface area contributed by atoms with Crippen LogP contribution in [0, 0.1) is 0 Å². The number of nitrogens with one attached hydrogen (secondary N) is 1. The lowest BCUT2D eigenvalue weighted by Crippen LogP contribution is -2.06. The summed E-state index contributed by atoms with van der Waals surface area (Å²) in [6, 6.07) is 1.81. The Morgan fingerprint density at radius 1 is 1.54 bits per heavy atom. The van der Waals surface area contributed by atoms with Crippen molar-refractivity contribution in [2.45, 2.75) is 13.8 Å². The van der Waals surface area contributed by atoms with Crippen LogP contribution in [0.4, 0.5) is 0 Å². The van der Waals surface area contributed by atoms with Gasteiger partial charge in [-0.05, 0) is 15.5 Å². The number of pyridine rings is 1. The van der Waals surface area contributed by atoms with Gasteiger partial charge in [0.1, 0.15) is 5.52 Å². The molecule has 0 saturated carbocycles. The summed E-state index contributed by atoms with van der Waals surface area (Å²) in [4.78, 5) is 13.7. The molecule has 70 valence electrons. The molecule has 0 bridgehead atoms. The van der Waals surface area contributed by atoms with Crippen LogP contribution in [-0.2, 0) is 0 Å². The maximum atomic E-state index is 11.1. The summed E-state index contributed by atoms with van der Waals surface area (Å²) in [7, 11) is 2.35. The number of fused-ring (bicyclic) bond motifs is 1. The molecule has 5 heteroatoms. The van der Waals surface area contributed by atoms with Crippen LogP contribution in [0.25, 0.3) is 10.9 Å². The molecule has 0 aliphatic heterocycles. The smallest absolute Gasteiger partial charge is 0.274 e. The van der Waals surface area contributed by atoms with E-state index in [1.807, 2.05) is 19.9 Å². The summed E-state index contributed by atoms with van der Waals surface area (Å²) < 4.78 is 1.48. The second-order valence-corrected chi connectivity index (χ2v) is 2.69. The van der Waals surface area contributed by atoms with Gasteiger partial charge in [-0.1, -0.05) is 13.8 Å². The van der Waals surface area contributed by atoms with Gasteiger partial charge in [-0.2, -0.15) is 5.10 Å². The lowest BCUT2D eigenvalue weighted by Gasteiger charge is -1.89. The molecule has 2 aromatic rings. The summed E-state index contributed by atoms with van der Waals surface area (Å²) in [6.45, 7) is 4.00. The molecule has 0 fully saturated rings. The van der Waals surface area contributed by atoms with E-state index in [4.69, 9.17) is 0 Å². The maximum Gasteiger partial charge on any atom is 0.274 e. The van der Waals surface area contributed by atoms with Crippen molar-refractivity contribution >= 4 is 20.3 Å². The maximum absolute atomic E-state index is 11.1. The van der Waals surface area contributed by atoms with Crippen LogP contribution in [-0.4, -0.2) is 14.5 Å². The van der Waals surface area contributed by atoms with E-state index in [1.54, 1.807) is 12.4 Å². The largest absolute Gasteiger partial charge is 0.327 e. The predicted octanol–water partition coefficient (Wildman–Crippen LogP) is 1.39. The van der Waals surface area contributed by atoms with Crippen molar-refractivity contribution in [3.8, 4) is 0 Å². The highest BCUT2D eigenvalue weighted by atomic mass is 31.0. The van der Waals surface area contributed by atoms with Gasteiger partial charge in [0.05, 0.1) is 6.20 Å². The van der Waals surface area contributed by atoms with Gasteiger partial charge in [0.2, 0.25) is 0 Å². The van der Waals surface area contributed by atoms with Crippen molar-refractivity contribution in [3.05, 3.63) is 28.8 Å². The molecule has 13 heavy (non-hydrogen) atoms. The molecular formula is C8H12N3OP. The van der Waals surface area contributed by atoms with E-state index < -0.39 is 0 Å². The Kier molecular flexibility index (Phi) is 3.20. The van der Waals surface area contributed by atoms with Gasteiger partial charge in [-0.3, -0.25) is 4.79 Å². The lowest BCUT2D eigenvalue weighted by molar-refractivity contribution is 1.03. The molecule has 1 N–H and O–H groups in total. The van der Waals surface area contributed by atoms with Crippen molar-refractivity contribution in [1.82, 2.24) is 14.5 Å². The average Bonchev–Trinajstić information content (AvgIpc) is 2.53. The summed E-state index contributed by atoms with van der Waals surface area (Å²) in [6.07, 6.45) is 3.26. The molecule has 0 spiro atoms. The number of H-pyrrole nitrogens is 1. The Balaban J connectivity index is 0.000000396. The highest BCUT2D eigenvalue weighted by molar-refractivity contribution is 7.14. The normalized spacial score (nSPS) is 9.46. The fourth-order valence-corrected chi connectivity index (χ4v) is 1.34. The first-order chi connectivity index (χ1) is 6.29. The van der Waals surface area contributed by atoms with Crippen molar-refractivity contribution < 1.29 is 0 Å². The third-order valence-corrected chi connectivity index (χ3v) is 1.91. The van der Waals surface area contributed by atoms with Gasteiger partial charge < -0.3 is 4.98 Å². The quantitative estimate of drug-likeness (QED) is 0.649. The first kappa shape index (κ1) is 9.93. The predicted molar refractivity (Wildman–Crippen MR) is 56.8 cm³/mol. The number of nitrogens with zero attached hydrogens (tertiary/aromatic N) is 2. The third kappa shape index (κ3) is 1.78. The van der Waals surface area contributed by atoms with Gasteiger partial charge >= 0.3 is 0 Å². The zero-order valence-corrected chi connectivity index (χ0v) is 8.77. The molecule has 0 amide bonds. The zero-order chi connectivity index (χ0) is 9.84. The zero-order valence-electron chi connectivity index (χ0n) is 7.61. The Labute approximate surface area is 78.2 Å². The van der Waals surface area contributed by atoms with Gasteiger partial charge in [-0.25, -0.2) is 4.45 Å². The van der Waals surface area contributed by atoms with Gasteiger partial charge in [0.15, 0.2) is 0 Å². The van der Waals surface area contributed by atoms with E-state index in [0.29, 0.717) is 5.52 Å². The monoisotopic (exact) mass is 197 g/mol. The van der Waals surface area contributed by atoms with Crippen LogP contribution in [0.5, 0.6) is 0 Å².